The first-order valence-electron chi connectivity index (χ1n) is 6.07. The lowest BCUT2D eigenvalue weighted by molar-refractivity contribution is -0.118. The van der Waals surface area contributed by atoms with Crippen molar-refractivity contribution in [2.75, 3.05) is 12.3 Å². The number of carbonyl (C=O) groups excluding carboxylic acids is 1. The van der Waals surface area contributed by atoms with Gasteiger partial charge in [0.1, 0.15) is 5.82 Å². The summed E-state index contributed by atoms with van der Waals surface area (Å²) in [4.78, 5) is 11.6. The van der Waals surface area contributed by atoms with Gasteiger partial charge in [0.2, 0.25) is 11.8 Å². The van der Waals surface area contributed by atoms with Gasteiger partial charge in [-0.25, -0.2) is 4.39 Å². The third-order valence-electron chi connectivity index (χ3n) is 2.48. The van der Waals surface area contributed by atoms with Crippen molar-refractivity contribution in [3.8, 4) is 0 Å². The highest BCUT2D eigenvalue weighted by atomic mass is 32.2. The van der Waals surface area contributed by atoms with E-state index in [1.807, 2.05) is 0 Å². The van der Waals surface area contributed by atoms with Crippen LogP contribution in [0.15, 0.2) is 33.9 Å². The van der Waals surface area contributed by atoms with Crippen molar-refractivity contribution in [3.05, 3.63) is 41.5 Å². The van der Waals surface area contributed by atoms with Crippen LogP contribution in [0.2, 0.25) is 0 Å². The number of aryl methyl sites for hydroxylation is 1. The number of thioether (sulfide) groups is 1. The van der Waals surface area contributed by atoms with Gasteiger partial charge < -0.3 is 9.73 Å². The van der Waals surface area contributed by atoms with Gasteiger partial charge in [-0.2, -0.15) is 0 Å². The summed E-state index contributed by atoms with van der Waals surface area (Å²) in [5, 5.41) is 10.6. The van der Waals surface area contributed by atoms with Crippen LogP contribution >= 0.6 is 11.8 Å². The number of nitrogens with zero attached hydrogens (tertiary/aromatic N) is 2. The topological polar surface area (TPSA) is 68.0 Å². The van der Waals surface area contributed by atoms with E-state index in [-0.39, 0.29) is 17.5 Å². The smallest absolute Gasteiger partial charge is 0.277 e. The Kier molecular flexibility index (Phi) is 5.11. The lowest BCUT2D eigenvalue weighted by atomic mass is 10.1. The third kappa shape index (κ3) is 4.65. The first-order valence-corrected chi connectivity index (χ1v) is 7.06. The molecule has 0 bridgehead atoms. The van der Waals surface area contributed by atoms with Crippen molar-refractivity contribution in [2.45, 2.75) is 18.6 Å². The zero-order chi connectivity index (χ0) is 14.4. The fourth-order valence-electron chi connectivity index (χ4n) is 1.51. The van der Waals surface area contributed by atoms with Crippen LogP contribution < -0.4 is 5.32 Å². The monoisotopic (exact) mass is 295 g/mol. The quantitative estimate of drug-likeness (QED) is 0.825. The summed E-state index contributed by atoms with van der Waals surface area (Å²) in [6, 6.07) is 6.23. The number of hydrogen-bond donors (Lipinski definition) is 1. The average molecular weight is 295 g/mol. The zero-order valence-electron chi connectivity index (χ0n) is 10.9. The number of rotatable bonds is 6. The van der Waals surface area contributed by atoms with Crippen molar-refractivity contribution >= 4 is 17.7 Å². The van der Waals surface area contributed by atoms with E-state index in [1.54, 1.807) is 19.1 Å². The molecule has 2 rings (SSSR count). The predicted molar refractivity (Wildman–Crippen MR) is 72.9 cm³/mol. The summed E-state index contributed by atoms with van der Waals surface area (Å²) in [6.45, 7) is 2.20. The van der Waals surface area contributed by atoms with E-state index in [2.05, 4.69) is 15.5 Å². The van der Waals surface area contributed by atoms with Crippen molar-refractivity contribution in [3.63, 3.8) is 0 Å². The fourth-order valence-corrected chi connectivity index (χ4v) is 2.15. The van der Waals surface area contributed by atoms with Crippen LogP contribution in [0.3, 0.4) is 0 Å². The molecule has 1 heterocycles. The Labute approximate surface area is 120 Å². The van der Waals surface area contributed by atoms with Crippen molar-refractivity contribution in [1.29, 1.82) is 0 Å². The molecule has 0 radical (unpaired) electrons. The number of hydrogen-bond acceptors (Lipinski definition) is 5. The summed E-state index contributed by atoms with van der Waals surface area (Å²) < 4.78 is 17.9. The Morgan fingerprint density at radius 1 is 1.35 bits per heavy atom. The van der Waals surface area contributed by atoms with E-state index >= 15 is 0 Å². The third-order valence-corrected chi connectivity index (χ3v) is 3.30. The van der Waals surface area contributed by atoms with Gasteiger partial charge in [0.25, 0.3) is 5.22 Å². The largest absolute Gasteiger partial charge is 0.416 e. The maximum absolute atomic E-state index is 12.7. The van der Waals surface area contributed by atoms with Crippen molar-refractivity contribution in [2.24, 2.45) is 0 Å². The van der Waals surface area contributed by atoms with Gasteiger partial charge in [-0.05, 0) is 24.1 Å². The van der Waals surface area contributed by atoms with E-state index < -0.39 is 0 Å². The minimum absolute atomic E-state index is 0.104. The van der Waals surface area contributed by atoms with Gasteiger partial charge in [-0.3, -0.25) is 4.79 Å². The zero-order valence-corrected chi connectivity index (χ0v) is 11.7. The van der Waals surface area contributed by atoms with E-state index in [0.717, 1.165) is 5.56 Å². The highest BCUT2D eigenvalue weighted by molar-refractivity contribution is 7.99. The van der Waals surface area contributed by atoms with Gasteiger partial charge in [-0.1, -0.05) is 23.9 Å². The number of halogens is 1. The normalized spacial score (nSPS) is 10.5. The van der Waals surface area contributed by atoms with Crippen LogP contribution in [0, 0.1) is 12.7 Å². The van der Waals surface area contributed by atoms with Gasteiger partial charge in [0.05, 0.1) is 5.75 Å². The summed E-state index contributed by atoms with van der Waals surface area (Å²) in [5.74, 6) is 0.339. The lowest BCUT2D eigenvalue weighted by Crippen LogP contribution is -2.27. The molecule has 0 unspecified atom stereocenters. The maximum Gasteiger partial charge on any atom is 0.277 e. The van der Waals surface area contributed by atoms with Crippen LogP contribution in [0.25, 0.3) is 0 Å². The van der Waals surface area contributed by atoms with Gasteiger partial charge in [0.15, 0.2) is 0 Å². The van der Waals surface area contributed by atoms with Crippen LogP contribution in [-0.2, 0) is 11.2 Å². The Bertz CT molecular complexity index is 571. The molecule has 7 heteroatoms. The maximum atomic E-state index is 12.7. The Balaban J connectivity index is 1.66. The molecule has 0 aliphatic heterocycles. The number of nitrogens with one attached hydrogen (secondary N) is 1. The molecule has 0 aliphatic carbocycles. The minimum atomic E-state index is -0.260. The standard InChI is InChI=1S/C13H14FN3O2S/c1-9-16-17-13(19-9)20-8-12(18)15-7-6-10-2-4-11(14)5-3-10/h2-5H,6-8H2,1H3,(H,15,18). The van der Waals surface area contributed by atoms with E-state index in [0.29, 0.717) is 24.1 Å². The van der Waals surface area contributed by atoms with E-state index in [4.69, 9.17) is 4.42 Å². The first-order chi connectivity index (χ1) is 9.63. The molecule has 0 saturated heterocycles. The Morgan fingerprint density at radius 2 is 2.10 bits per heavy atom. The number of amides is 1. The predicted octanol–water partition coefficient (Wildman–Crippen LogP) is 1.97. The molecule has 1 N–H and O–H groups in total. The highest BCUT2D eigenvalue weighted by Crippen LogP contribution is 2.14. The molecular weight excluding hydrogens is 281 g/mol. The molecule has 0 atom stereocenters. The summed E-state index contributed by atoms with van der Waals surface area (Å²) in [7, 11) is 0. The molecule has 1 aromatic carbocycles. The van der Waals surface area contributed by atoms with Crippen LogP contribution in [-0.4, -0.2) is 28.4 Å². The molecule has 2 aromatic rings. The van der Waals surface area contributed by atoms with Gasteiger partial charge in [-0.15, -0.1) is 10.2 Å². The van der Waals surface area contributed by atoms with Crippen molar-refractivity contribution < 1.29 is 13.6 Å². The second kappa shape index (κ2) is 7.04. The first kappa shape index (κ1) is 14.5. The van der Waals surface area contributed by atoms with E-state index in [1.165, 1.54) is 23.9 Å². The molecule has 0 saturated carbocycles. The SMILES string of the molecule is Cc1nnc(SCC(=O)NCCc2ccc(F)cc2)o1. The Morgan fingerprint density at radius 3 is 2.75 bits per heavy atom. The molecule has 1 amide bonds. The minimum Gasteiger partial charge on any atom is -0.416 e. The lowest BCUT2D eigenvalue weighted by Gasteiger charge is -2.04. The second-order valence-electron chi connectivity index (χ2n) is 4.10. The highest BCUT2D eigenvalue weighted by Gasteiger charge is 2.07. The summed E-state index contributed by atoms with van der Waals surface area (Å²) >= 11 is 1.20. The molecular formula is C13H14FN3O2S. The summed E-state index contributed by atoms with van der Waals surface area (Å²) in [5.41, 5.74) is 0.979. The fraction of sp³-hybridized carbons (Fsp3) is 0.308. The summed E-state index contributed by atoms with van der Waals surface area (Å²) in [6.07, 6.45) is 0.663. The van der Waals surface area contributed by atoms with Crippen LogP contribution in [0.5, 0.6) is 0 Å². The van der Waals surface area contributed by atoms with Gasteiger partial charge in [0, 0.05) is 13.5 Å². The molecule has 106 valence electrons. The number of benzene rings is 1. The molecule has 5 nitrogen and oxygen atoms in total. The Hall–Kier alpha value is -1.89. The second-order valence-corrected chi connectivity index (χ2v) is 5.03. The van der Waals surface area contributed by atoms with Crippen molar-refractivity contribution in [1.82, 2.24) is 15.5 Å². The molecule has 0 fully saturated rings. The average Bonchev–Trinajstić information content (AvgIpc) is 2.85. The molecule has 1 aromatic heterocycles. The number of aromatic nitrogens is 2. The van der Waals surface area contributed by atoms with Gasteiger partial charge >= 0.3 is 0 Å². The molecule has 0 aliphatic rings. The number of carbonyl (C=O) groups is 1. The van der Waals surface area contributed by atoms with Crippen LogP contribution in [0.1, 0.15) is 11.5 Å². The molecule has 0 spiro atoms. The molecule has 20 heavy (non-hydrogen) atoms. The van der Waals surface area contributed by atoms with E-state index in [9.17, 15) is 9.18 Å². The van der Waals surface area contributed by atoms with Crippen LogP contribution in [0.4, 0.5) is 4.39 Å².